The standard InChI is InChI=1S/C12H23N3O3/c1-12(2)8-15(7-6-14(12)3)11(18)9(13)4-5-10(16)17/h9H,4-8,13H2,1-3H3,(H,16,17). The van der Waals surface area contributed by atoms with Crippen LogP contribution < -0.4 is 5.73 Å². The first-order valence-corrected chi connectivity index (χ1v) is 6.21. The fraction of sp³-hybridized carbons (Fsp3) is 0.833. The first kappa shape index (κ1) is 14.9. The van der Waals surface area contributed by atoms with Gasteiger partial charge in [0, 0.05) is 31.6 Å². The molecular formula is C12H23N3O3. The molecule has 0 spiro atoms. The van der Waals surface area contributed by atoms with Crippen LogP contribution in [0.3, 0.4) is 0 Å². The molecule has 104 valence electrons. The number of carbonyl (C=O) groups is 2. The average molecular weight is 257 g/mol. The number of likely N-dealkylation sites (N-methyl/N-ethyl adjacent to an activating group) is 1. The van der Waals surface area contributed by atoms with E-state index in [0.29, 0.717) is 13.1 Å². The number of piperazine rings is 1. The van der Waals surface area contributed by atoms with Crippen molar-refractivity contribution in [1.82, 2.24) is 9.80 Å². The Labute approximate surface area is 108 Å². The molecule has 1 saturated heterocycles. The second kappa shape index (κ2) is 5.67. The van der Waals surface area contributed by atoms with E-state index in [9.17, 15) is 9.59 Å². The molecule has 6 nitrogen and oxygen atoms in total. The topological polar surface area (TPSA) is 86.9 Å². The van der Waals surface area contributed by atoms with Crippen molar-refractivity contribution in [2.45, 2.75) is 38.3 Å². The zero-order valence-electron chi connectivity index (χ0n) is 11.3. The van der Waals surface area contributed by atoms with Crippen molar-refractivity contribution in [2.75, 3.05) is 26.7 Å². The largest absolute Gasteiger partial charge is 0.481 e. The number of rotatable bonds is 4. The van der Waals surface area contributed by atoms with Crippen molar-refractivity contribution < 1.29 is 14.7 Å². The van der Waals surface area contributed by atoms with Gasteiger partial charge in [0.05, 0.1) is 6.04 Å². The predicted octanol–water partition coefficient (Wildman–Crippen LogP) is -0.269. The van der Waals surface area contributed by atoms with Crippen LogP contribution in [0.25, 0.3) is 0 Å². The molecular weight excluding hydrogens is 234 g/mol. The van der Waals surface area contributed by atoms with Gasteiger partial charge in [0.2, 0.25) is 5.91 Å². The van der Waals surface area contributed by atoms with Gasteiger partial charge in [0.1, 0.15) is 0 Å². The molecule has 6 heteroatoms. The zero-order chi connectivity index (χ0) is 13.9. The second-order valence-corrected chi connectivity index (χ2v) is 5.53. The third-order valence-electron chi connectivity index (χ3n) is 3.61. The van der Waals surface area contributed by atoms with Crippen molar-refractivity contribution in [3.8, 4) is 0 Å². The molecule has 0 radical (unpaired) electrons. The summed E-state index contributed by atoms with van der Waals surface area (Å²) in [7, 11) is 2.03. The minimum Gasteiger partial charge on any atom is -0.481 e. The number of nitrogens with two attached hydrogens (primary N) is 1. The molecule has 3 N–H and O–H groups in total. The SMILES string of the molecule is CN1CCN(C(=O)C(N)CCC(=O)O)CC1(C)C. The lowest BCUT2D eigenvalue weighted by Crippen LogP contribution is -2.61. The maximum Gasteiger partial charge on any atom is 0.303 e. The first-order valence-electron chi connectivity index (χ1n) is 6.21. The summed E-state index contributed by atoms with van der Waals surface area (Å²) in [6, 6.07) is -0.708. The Morgan fingerprint density at radius 1 is 1.39 bits per heavy atom. The van der Waals surface area contributed by atoms with Crippen LogP contribution in [0.15, 0.2) is 0 Å². The maximum absolute atomic E-state index is 12.1. The van der Waals surface area contributed by atoms with Crippen LogP contribution in [0.1, 0.15) is 26.7 Å². The van der Waals surface area contributed by atoms with Crippen LogP contribution in [-0.4, -0.2) is 65.0 Å². The Bertz CT molecular complexity index is 331. The third kappa shape index (κ3) is 3.68. The highest BCUT2D eigenvalue weighted by Gasteiger charge is 2.34. The van der Waals surface area contributed by atoms with Crippen LogP contribution in [0.4, 0.5) is 0 Å². The van der Waals surface area contributed by atoms with E-state index in [2.05, 4.69) is 18.7 Å². The summed E-state index contributed by atoms with van der Waals surface area (Å²) in [6.45, 7) is 6.25. The highest BCUT2D eigenvalue weighted by molar-refractivity contribution is 5.82. The number of carboxylic acid groups (broad SMARTS) is 1. The second-order valence-electron chi connectivity index (χ2n) is 5.53. The lowest BCUT2D eigenvalue weighted by Gasteiger charge is -2.45. The van der Waals surface area contributed by atoms with Gasteiger partial charge in [0.15, 0.2) is 0 Å². The van der Waals surface area contributed by atoms with Gasteiger partial charge in [-0.3, -0.25) is 14.5 Å². The molecule has 0 bridgehead atoms. The van der Waals surface area contributed by atoms with Gasteiger partial charge in [0.25, 0.3) is 0 Å². The molecule has 0 saturated carbocycles. The van der Waals surface area contributed by atoms with Crippen LogP contribution >= 0.6 is 0 Å². The summed E-state index contributed by atoms with van der Waals surface area (Å²) in [5.41, 5.74) is 5.68. The van der Waals surface area contributed by atoms with Crippen LogP contribution in [-0.2, 0) is 9.59 Å². The van der Waals surface area contributed by atoms with Gasteiger partial charge in [-0.15, -0.1) is 0 Å². The smallest absolute Gasteiger partial charge is 0.303 e. The summed E-state index contributed by atoms with van der Waals surface area (Å²) >= 11 is 0. The van der Waals surface area contributed by atoms with E-state index in [1.54, 1.807) is 4.90 Å². The molecule has 0 aromatic carbocycles. The zero-order valence-corrected chi connectivity index (χ0v) is 11.3. The molecule has 1 fully saturated rings. The Balaban J connectivity index is 2.54. The van der Waals surface area contributed by atoms with Gasteiger partial charge < -0.3 is 15.7 Å². The molecule has 1 aliphatic heterocycles. The summed E-state index contributed by atoms with van der Waals surface area (Å²) < 4.78 is 0. The van der Waals surface area contributed by atoms with E-state index in [-0.39, 0.29) is 24.3 Å². The average Bonchev–Trinajstić information content (AvgIpc) is 2.28. The van der Waals surface area contributed by atoms with Gasteiger partial charge in [-0.05, 0) is 27.3 Å². The first-order chi connectivity index (χ1) is 8.24. The molecule has 18 heavy (non-hydrogen) atoms. The number of nitrogens with zero attached hydrogens (tertiary/aromatic N) is 2. The Morgan fingerprint density at radius 3 is 2.50 bits per heavy atom. The monoisotopic (exact) mass is 257 g/mol. The van der Waals surface area contributed by atoms with Crippen molar-refractivity contribution in [1.29, 1.82) is 0 Å². The van der Waals surface area contributed by atoms with E-state index in [1.165, 1.54) is 0 Å². The highest BCUT2D eigenvalue weighted by atomic mass is 16.4. The van der Waals surface area contributed by atoms with E-state index in [1.807, 2.05) is 7.05 Å². The van der Waals surface area contributed by atoms with Crippen molar-refractivity contribution in [3.05, 3.63) is 0 Å². The Hall–Kier alpha value is -1.14. The van der Waals surface area contributed by atoms with Crippen LogP contribution in [0.5, 0.6) is 0 Å². The summed E-state index contributed by atoms with van der Waals surface area (Å²) in [5, 5.41) is 8.59. The molecule has 1 amide bonds. The third-order valence-corrected chi connectivity index (χ3v) is 3.61. The fourth-order valence-corrected chi connectivity index (χ4v) is 2.07. The fourth-order valence-electron chi connectivity index (χ4n) is 2.07. The number of carboxylic acids is 1. The predicted molar refractivity (Wildman–Crippen MR) is 68.1 cm³/mol. The quantitative estimate of drug-likeness (QED) is 0.724. The van der Waals surface area contributed by atoms with Gasteiger partial charge in [-0.25, -0.2) is 0 Å². The lowest BCUT2D eigenvalue weighted by molar-refractivity contribution is -0.139. The van der Waals surface area contributed by atoms with Crippen molar-refractivity contribution >= 4 is 11.9 Å². The van der Waals surface area contributed by atoms with Crippen LogP contribution in [0.2, 0.25) is 0 Å². The highest BCUT2D eigenvalue weighted by Crippen LogP contribution is 2.19. The summed E-state index contributed by atoms with van der Waals surface area (Å²) in [4.78, 5) is 26.5. The number of hydrogen-bond donors (Lipinski definition) is 2. The summed E-state index contributed by atoms with van der Waals surface area (Å²) in [6.07, 6.45) is 0.130. The number of carbonyl (C=O) groups excluding carboxylic acids is 1. The van der Waals surface area contributed by atoms with Crippen LogP contribution in [0, 0.1) is 0 Å². The van der Waals surface area contributed by atoms with Gasteiger partial charge in [-0.1, -0.05) is 0 Å². The van der Waals surface area contributed by atoms with Crippen molar-refractivity contribution in [2.24, 2.45) is 5.73 Å². The van der Waals surface area contributed by atoms with E-state index in [4.69, 9.17) is 10.8 Å². The molecule has 0 aromatic rings. The molecule has 1 atom stereocenters. The van der Waals surface area contributed by atoms with Gasteiger partial charge >= 0.3 is 5.97 Å². The van der Waals surface area contributed by atoms with E-state index < -0.39 is 12.0 Å². The normalized spacial score (nSPS) is 21.7. The number of amides is 1. The molecule has 0 aromatic heterocycles. The minimum atomic E-state index is -0.919. The van der Waals surface area contributed by atoms with E-state index >= 15 is 0 Å². The molecule has 0 aliphatic carbocycles. The van der Waals surface area contributed by atoms with Crippen molar-refractivity contribution in [3.63, 3.8) is 0 Å². The molecule has 1 unspecified atom stereocenters. The number of hydrogen-bond acceptors (Lipinski definition) is 4. The van der Waals surface area contributed by atoms with Gasteiger partial charge in [-0.2, -0.15) is 0 Å². The molecule has 1 heterocycles. The maximum atomic E-state index is 12.1. The molecule has 1 rings (SSSR count). The Morgan fingerprint density at radius 2 is 2.00 bits per heavy atom. The van der Waals surface area contributed by atoms with E-state index in [0.717, 1.165) is 6.54 Å². The lowest BCUT2D eigenvalue weighted by atomic mass is 9.98. The number of aliphatic carboxylic acids is 1. The summed E-state index contributed by atoms with van der Waals surface area (Å²) in [5.74, 6) is -1.06. The Kier molecular flexibility index (Phi) is 4.70. The molecule has 1 aliphatic rings. The minimum absolute atomic E-state index is 0.0654.